The van der Waals surface area contributed by atoms with E-state index in [9.17, 15) is 9.18 Å². The molecular weight excluding hydrogens is 211 g/mol. The minimum absolute atomic E-state index is 0.0880. The molecule has 2 atom stereocenters. The molecule has 0 spiro atoms. The fraction of sp³-hybridized carbons (Fsp3) is 0.364. The van der Waals surface area contributed by atoms with Gasteiger partial charge in [0.15, 0.2) is 0 Å². The number of rotatable bonds is 5. The molecule has 4 N–H and O–H groups in total. The predicted octanol–water partition coefficient (Wildman–Crippen LogP) is 0.354. The number of hydrogen-bond acceptors (Lipinski definition) is 4. The molecule has 0 aliphatic rings. The molecule has 0 aliphatic carbocycles. The van der Waals surface area contributed by atoms with Gasteiger partial charge >= 0.3 is 5.97 Å². The maximum Gasteiger partial charge on any atom is 0.326 e. The summed E-state index contributed by atoms with van der Waals surface area (Å²) < 4.78 is 17.8. The molecule has 0 radical (unpaired) electrons. The Labute approximate surface area is 93.4 Å². The summed E-state index contributed by atoms with van der Waals surface area (Å²) in [6.07, 6.45) is -1.57. The third kappa shape index (κ3) is 3.60. The lowest BCUT2D eigenvalue weighted by molar-refractivity contribution is -0.148. The summed E-state index contributed by atoms with van der Waals surface area (Å²) in [5, 5.41) is 0. The highest BCUT2D eigenvalue weighted by Crippen LogP contribution is 2.03. The highest BCUT2D eigenvalue weighted by molar-refractivity contribution is 5.76. The Morgan fingerprint density at radius 2 is 2.00 bits per heavy atom. The second-order valence-electron chi connectivity index (χ2n) is 3.37. The molecule has 0 saturated heterocycles. The second-order valence-corrected chi connectivity index (χ2v) is 3.37. The fourth-order valence-corrected chi connectivity index (χ4v) is 1.12. The van der Waals surface area contributed by atoms with Gasteiger partial charge in [-0.1, -0.05) is 30.3 Å². The Morgan fingerprint density at radius 1 is 1.38 bits per heavy atom. The lowest BCUT2D eigenvalue weighted by Gasteiger charge is -2.14. The van der Waals surface area contributed by atoms with Crippen LogP contribution in [0.3, 0.4) is 0 Å². The van der Waals surface area contributed by atoms with Crippen LogP contribution in [0.25, 0.3) is 0 Å². The number of carbonyl (C=O) groups is 1. The Morgan fingerprint density at radius 3 is 2.56 bits per heavy atom. The van der Waals surface area contributed by atoms with E-state index in [0.29, 0.717) is 0 Å². The van der Waals surface area contributed by atoms with Crippen molar-refractivity contribution in [1.29, 1.82) is 0 Å². The van der Waals surface area contributed by atoms with Crippen molar-refractivity contribution in [2.75, 3.05) is 6.54 Å². The molecule has 0 aromatic heterocycles. The standard InChI is InChI=1S/C11H15FN2O2/c12-9(6-13)10(14)11(15)16-7-8-4-2-1-3-5-8/h1-5,9-10H,6-7,13-14H2. The van der Waals surface area contributed by atoms with Gasteiger partial charge in [0.25, 0.3) is 0 Å². The average molecular weight is 226 g/mol. The summed E-state index contributed by atoms with van der Waals surface area (Å²) in [7, 11) is 0. The number of alkyl halides is 1. The minimum atomic E-state index is -1.57. The van der Waals surface area contributed by atoms with Gasteiger partial charge in [0, 0.05) is 6.54 Å². The van der Waals surface area contributed by atoms with Crippen LogP contribution in [0.15, 0.2) is 30.3 Å². The van der Waals surface area contributed by atoms with Crippen LogP contribution in [0.2, 0.25) is 0 Å². The summed E-state index contributed by atoms with van der Waals surface area (Å²) in [4.78, 5) is 11.3. The van der Waals surface area contributed by atoms with Crippen molar-refractivity contribution in [1.82, 2.24) is 0 Å². The normalized spacial score (nSPS) is 14.2. The van der Waals surface area contributed by atoms with Crippen molar-refractivity contribution in [3.8, 4) is 0 Å². The predicted molar refractivity (Wildman–Crippen MR) is 58.2 cm³/mol. The van der Waals surface area contributed by atoms with Gasteiger partial charge in [-0.2, -0.15) is 0 Å². The van der Waals surface area contributed by atoms with Crippen LogP contribution in [-0.2, 0) is 16.1 Å². The molecule has 88 valence electrons. The van der Waals surface area contributed by atoms with Gasteiger partial charge in [-0.15, -0.1) is 0 Å². The zero-order chi connectivity index (χ0) is 12.0. The highest BCUT2D eigenvalue weighted by Gasteiger charge is 2.24. The monoisotopic (exact) mass is 226 g/mol. The van der Waals surface area contributed by atoms with Crippen LogP contribution < -0.4 is 11.5 Å². The summed E-state index contributed by atoms with van der Waals surface area (Å²) >= 11 is 0. The molecule has 0 amide bonds. The largest absolute Gasteiger partial charge is 0.460 e. The van der Waals surface area contributed by atoms with E-state index in [2.05, 4.69) is 0 Å². The summed E-state index contributed by atoms with van der Waals surface area (Å²) in [5.41, 5.74) is 11.2. The van der Waals surface area contributed by atoms with E-state index in [1.807, 2.05) is 18.2 Å². The van der Waals surface area contributed by atoms with Gasteiger partial charge in [0.1, 0.15) is 18.8 Å². The summed E-state index contributed by atoms with van der Waals surface area (Å²) in [6, 6.07) is 7.78. The number of esters is 1. The quantitative estimate of drug-likeness (QED) is 0.710. The molecule has 1 aromatic carbocycles. The number of halogens is 1. The highest BCUT2D eigenvalue weighted by atomic mass is 19.1. The molecule has 0 saturated carbocycles. The number of hydrogen-bond donors (Lipinski definition) is 2. The Kier molecular flexibility index (Phi) is 4.88. The maximum atomic E-state index is 13.0. The number of ether oxygens (including phenoxy) is 1. The van der Waals surface area contributed by atoms with Crippen LogP contribution in [-0.4, -0.2) is 24.7 Å². The lowest BCUT2D eigenvalue weighted by Crippen LogP contribution is -2.44. The van der Waals surface area contributed by atoms with Crippen molar-refractivity contribution < 1.29 is 13.9 Å². The molecule has 16 heavy (non-hydrogen) atoms. The molecule has 5 heteroatoms. The first kappa shape index (κ1) is 12.6. The smallest absolute Gasteiger partial charge is 0.326 e. The lowest BCUT2D eigenvalue weighted by atomic mass is 10.2. The third-order valence-electron chi connectivity index (χ3n) is 2.11. The van der Waals surface area contributed by atoms with Gasteiger partial charge in [-0.25, -0.2) is 4.39 Å². The Hall–Kier alpha value is -1.46. The fourth-order valence-electron chi connectivity index (χ4n) is 1.12. The van der Waals surface area contributed by atoms with Crippen molar-refractivity contribution in [2.45, 2.75) is 18.8 Å². The maximum absolute atomic E-state index is 13.0. The van der Waals surface area contributed by atoms with E-state index in [4.69, 9.17) is 16.2 Å². The number of carbonyl (C=O) groups excluding carboxylic acids is 1. The van der Waals surface area contributed by atoms with Crippen molar-refractivity contribution in [3.05, 3.63) is 35.9 Å². The van der Waals surface area contributed by atoms with E-state index in [0.717, 1.165) is 5.56 Å². The third-order valence-corrected chi connectivity index (χ3v) is 2.11. The van der Waals surface area contributed by atoms with Crippen molar-refractivity contribution in [2.24, 2.45) is 11.5 Å². The molecule has 0 aliphatic heterocycles. The summed E-state index contributed by atoms with van der Waals surface area (Å²) in [6.45, 7) is -0.202. The molecule has 2 unspecified atom stereocenters. The topological polar surface area (TPSA) is 78.3 Å². The zero-order valence-corrected chi connectivity index (χ0v) is 8.80. The molecule has 1 aromatic rings. The van der Waals surface area contributed by atoms with Crippen LogP contribution in [0.1, 0.15) is 5.56 Å². The van der Waals surface area contributed by atoms with Gasteiger partial charge in [-0.05, 0) is 5.56 Å². The van der Waals surface area contributed by atoms with Crippen molar-refractivity contribution in [3.63, 3.8) is 0 Å². The average Bonchev–Trinajstić information content (AvgIpc) is 2.35. The van der Waals surface area contributed by atoms with Gasteiger partial charge in [0.05, 0.1) is 0 Å². The Bertz CT molecular complexity index is 332. The molecular formula is C11H15FN2O2. The number of benzene rings is 1. The SMILES string of the molecule is NCC(F)C(N)C(=O)OCc1ccccc1. The van der Waals surface area contributed by atoms with Gasteiger partial charge < -0.3 is 16.2 Å². The Balaban J connectivity index is 2.41. The van der Waals surface area contributed by atoms with Crippen LogP contribution in [0, 0.1) is 0 Å². The van der Waals surface area contributed by atoms with Crippen molar-refractivity contribution >= 4 is 5.97 Å². The van der Waals surface area contributed by atoms with E-state index < -0.39 is 18.2 Å². The molecule has 0 bridgehead atoms. The van der Waals surface area contributed by atoms with Crippen LogP contribution >= 0.6 is 0 Å². The number of nitrogens with two attached hydrogens (primary N) is 2. The summed E-state index contributed by atoms with van der Waals surface area (Å²) in [5.74, 6) is -0.776. The molecule has 4 nitrogen and oxygen atoms in total. The van der Waals surface area contributed by atoms with Gasteiger partial charge in [-0.3, -0.25) is 4.79 Å². The molecule has 0 fully saturated rings. The van der Waals surface area contributed by atoms with E-state index in [1.54, 1.807) is 12.1 Å². The first-order chi connectivity index (χ1) is 7.65. The van der Waals surface area contributed by atoms with Gasteiger partial charge in [0.2, 0.25) is 0 Å². The first-order valence-electron chi connectivity index (χ1n) is 4.95. The molecule has 0 heterocycles. The zero-order valence-electron chi connectivity index (χ0n) is 8.80. The minimum Gasteiger partial charge on any atom is -0.460 e. The molecule has 1 rings (SSSR count). The van der Waals surface area contributed by atoms with E-state index in [1.165, 1.54) is 0 Å². The van der Waals surface area contributed by atoms with Crippen LogP contribution in [0.5, 0.6) is 0 Å². The van der Waals surface area contributed by atoms with E-state index >= 15 is 0 Å². The van der Waals surface area contributed by atoms with E-state index in [-0.39, 0.29) is 13.2 Å². The van der Waals surface area contributed by atoms with Crippen LogP contribution in [0.4, 0.5) is 4.39 Å². The first-order valence-corrected chi connectivity index (χ1v) is 4.95. The second kappa shape index (κ2) is 6.19.